The minimum atomic E-state index is -1.01. The minimum absolute atomic E-state index is 0.00410. The monoisotopic (exact) mass is 256 g/mol. The number of carboxylic acids is 1. The van der Waals surface area contributed by atoms with Crippen LogP contribution in [0.25, 0.3) is 0 Å². The molecule has 0 bridgehead atoms. The van der Waals surface area contributed by atoms with E-state index in [0.717, 1.165) is 0 Å². The van der Waals surface area contributed by atoms with Crippen molar-refractivity contribution in [2.75, 3.05) is 13.2 Å². The molecule has 1 aliphatic rings. The van der Waals surface area contributed by atoms with Gasteiger partial charge in [0.25, 0.3) is 0 Å². The zero-order valence-corrected chi connectivity index (χ0v) is 10.4. The van der Waals surface area contributed by atoms with Gasteiger partial charge >= 0.3 is 5.97 Å². The molecule has 1 heterocycles. The maximum absolute atomic E-state index is 11.2. The van der Waals surface area contributed by atoms with Crippen molar-refractivity contribution >= 4 is 17.6 Å². The second-order valence-electron chi connectivity index (χ2n) is 4.14. The van der Waals surface area contributed by atoms with E-state index in [9.17, 15) is 9.90 Å². The average molecular weight is 257 g/mol. The minimum Gasteiger partial charge on any atom is -0.486 e. The summed E-state index contributed by atoms with van der Waals surface area (Å²) in [5, 5.41) is 9.53. The molecule has 0 amide bonds. The number of rotatable bonds is 2. The van der Waals surface area contributed by atoms with E-state index in [0.29, 0.717) is 35.3 Å². The molecular formula is C12H13ClO4. The molecule has 0 radical (unpaired) electrons. The number of halogens is 1. The Hall–Kier alpha value is -1.42. The Labute approximate surface area is 104 Å². The Morgan fingerprint density at radius 1 is 1.41 bits per heavy atom. The van der Waals surface area contributed by atoms with E-state index in [1.807, 2.05) is 13.8 Å². The van der Waals surface area contributed by atoms with E-state index in [2.05, 4.69) is 0 Å². The largest absolute Gasteiger partial charge is 0.486 e. The molecule has 1 N–H and O–H groups in total. The Morgan fingerprint density at radius 3 is 2.65 bits per heavy atom. The first kappa shape index (κ1) is 12.0. The Morgan fingerprint density at radius 2 is 2.06 bits per heavy atom. The van der Waals surface area contributed by atoms with E-state index in [4.69, 9.17) is 21.1 Å². The summed E-state index contributed by atoms with van der Waals surface area (Å²) in [4.78, 5) is 11.2. The fourth-order valence-corrected chi connectivity index (χ4v) is 2.37. The second kappa shape index (κ2) is 4.45. The van der Waals surface area contributed by atoms with Crippen molar-refractivity contribution in [3.63, 3.8) is 0 Å². The number of ether oxygens (including phenoxy) is 2. The molecule has 17 heavy (non-hydrogen) atoms. The second-order valence-corrected chi connectivity index (χ2v) is 4.51. The maximum Gasteiger partial charge on any atom is 0.336 e. The number of hydrogen-bond acceptors (Lipinski definition) is 3. The zero-order chi connectivity index (χ0) is 12.6. The molecule has 0 unspecified atom stereocenters. The third kappa shape index (κ3) is 2.05. The molecule has 2 rings (SSSR count). The van der Waals surface area contributed by atoms with Crippen LogP contribution in [-0.2, 0) is 0 Å². The van der Waals surface area contributed by atoms with Crippen molar-refractivity contribution in [2.45, 2.75) is 19.8 Å². The molecule has 0 saturated heterocycles. The van der Waals surface area contributed by atoms with Gasteiger partial charge in [-0.2, -0.15) is 0 Å². The predicted octanol–water partition coefficient (Wildman–Crippen LogP) is 2.93. The van der Waals surface area contributed by atoms with Crippen LogP contribution in [-0.4, -0.2) is 24.3 Å². The lowest BCUT2D eigenvalue weighted by Crippen LogP contribution is -2.17. The summed E-state index contributed by atoms with van der Waals surface area (Å²) in [6, 6.07) is 1.48. The van der Waals surface area contributed by atoms with Gasteiger partial charge in [0.05, 0.1) is 10.6 Å². The van der Waals surface area contributed by atoms with Gasteiger partial charge in [-0.1, -0.05) is 25.4 Å². The van der Waals surface area contributed by atoms with Crippen LogP contribution in [0.3, 0.4) is 0 Å². The molecule has 0 aromatic heterocycles. The smallest absolute Gasteiger partial charge is 0.336 e. The van der Waals surface area contributed by atoms with Gasteiger partial charge in [-0.3, -0.25) is 0 Å². The zero-order valence-electron chi connectivity index (χ0n) is 9.62. The summed E-state index contributed by atoms with van der Waals surface area (Å²) in [6.45, 7) is 4.62. The number of benzene rings is 1. The van der Waals surface area contributed by atoms with Crippen molar-refractivity contribution in [1.82, 2.24) is 0 Å². The van der Waals surface area contributed by atoms with E-state index in [1.165, 1.54) is 6.07 Å². The third-order valence-corrected chi connectivity index (χ3v) is 3.00. The van der Waals surface area contributed by atoms with Gasteiger partial charge < -0.3 is 14.6 Å². The molecule has 4 nitrogen and oxygen atoms in total. The normalized spacial score (nSPS) is 13.9. The summed E-state index contributed by atoms with van der Waals surface area (Å²) in [5.41, 5.74) is 0.762. The van der Waals surface area contributed by atoms with Crippen LogP contribution in [0.2, 0.25) is 5.02 Å². The van der Waals surface area contributed by atoms with Crippen LogP contribution in [0.4, 0.5) is 0 Å². The molecular weight excluding hydrogens is 244 g/mol. The first-order chi connectivity index (χ1) is 8.02. The maximum atomic E-state index is 11.2. The molecule has 5 heteroatoms. The van der Waals surface area contributed by atoms with Crippen LogP contribution in [0.1, 0.15) is 35.7 Å². The van der Waals surface area contributed by atoms with Crippen molar-refractivity contribution < 1.29 is 19.4 Å². The van der Waals surface area contributed by atoms with Crippen molar-refractivity contribution in [1.29, 1.82) is 0 Å². The highest BCUT2D eigenvalue weighted by Gasteiger charge is 2.25. The van der Waals surface area contributed by atoms with Crippen LogP contribution in [0, 0.1) is 0 Å². The highest BCUT2D eigenvalue weighted by atomic mass is 35.5. The predicted molar refractivity (Wildman–Crippen MR) is 63.5 cm³/mol. The lowest BCUT2D eigenvalue weighted by Gasteiger charge is -2.23. The van der Waals surface area contributed by atoms with Crippen molar-refractivity contribution in [3.05, 3.63) is 22.2 Å². The average Bonchev–Trinajstić information content (AvgIpc) is 2.28. The van der Waals surface area contributed by atoms with Gasteiger partial charge in [0.15, 0.2) is 11.5 Å². The summed E-state index contributed by atoms with van der Waals surface area (Å²) in [7, 11) is 0. The summed E-state index contributed by atoms with van der Waals surface area (Å²) < 4.78 is 10.8. The lowest BCUT2D eigenvalue weighted by atomic mass is 9.96. The molecule has 1 aromatic carbocycles. The summed E-state index contributed by atoms with van der Waals surface area (Å²) in [5.74, 6) is -0.147. The van der Waals surface area contributed by atoms with Gasteiger partial charge in [0.2, 0.25) is 0 Å². The summed E-state index contributed by atoms with van der Waals surface area (Å²) in [6.07, 6.45) is 0. The first-order valence-corrected chi connectivity index (χ1v) is 5.75. The van der Waals surface area contributed by atoms with Gasteiger partial charge in [0.1, 0.15) is 13.2 Å². The lowest BCUT2D eigenvalue weighted by molar-refractivity contribution is 0.0694. The fourth-order valence-electron chi connectivity index (χ4n) is 1.90. The van der Waals surface area contributed by atoms with Gasteiger partial charge in [-0.05, 0) is 17.5 Å². The molecule has 1 aliphatic heterocycles. The Kier molecular flexibility index (Phi) is 3.15. The van der Waals surface area contributed by atoms with Crippen LogP contribution >= 0.6 is 11.6 Å². The van der Waals surface area contributed by atoms with Crippen LogP contribution in [0.5, 0.6) is 11.5 Å². The molecule has 0 aliphatic carbocycles. The van der Waals surface area contributed by atoms with Gasteiger partial charge in [-0.15, -0.1) is 0 Å². The molecule has 0 saturated carbocycles. The molecule has 0 spiro atoms. The topological polar surface area (TPSA) is 55.8 Å². The number of aromatic carboxylic acids is 1. The van der Waals surface area contributed by atoms with Crippen molar-refractivity contribution in [2.24, 2.45) is 0 Å². The Balaban J connectivity index is 2.67. The Bertz CT molecular complexity index is 468. The van der Waals surface area contributed by atoms with E-state index >= 15 is 0 Å². The standard InChI is InChI=1S/C12H13ClO4/c1-6(2)9-7(12(14)15)5-8-11(10(9)13)17-4-3-16-8/h5-6H,3-4H2,1-2H3,(H,14,15). The third-order valence-electron chi connectivity index (χ3n) is 2.62. The first-order valence-electron chi connectivity index (χ1n) is 5.37. The van der Waals surface area contributed by atoms with Gasteiger partial charge in [0, 0.05) is 0 Å². The number of carbonyl (C=O) groups is 1. The molecule has 0 fully saturated rings. The highest BCUT2D eigenvalue weighted by Crippen LogP contribution is 2.43. The van der Waals surface area contributed by atoms with E-state index < -0.39 is 5.97 Å². The SMILES string of the molecule is CC(C)c1c(C(=O)O)cc2c(c1Cl)OCCO2. The van der Waals surface area contributed by atoms with Crippen LogP contribution < -0.4 is 9.47 Å². The highest BCUT2D eigenvalue weighted by molar-refractivity contribution is 6.33. The van der Waals surface area contributed by atoms with Gasteiger partial charge in [-0.25, -0.2) is 4.79 Å². The number of hydrogen-bond donors (Lipinski definition) is 1. The number of fused-ring (bicyclic) bond motifs is 1. The van der Waals surface area contributed by atoms with E-state index in [1.54, 1.807) is 0 Å². The van der Waals surface area contributed by atoms with Crippen LogP contribution in [0.15, 0.2) is 6.07 Å². The summed E-state index contributed by atoms with van der Waals surface area (Å²) >= 11 is 6.20. The quantitative estimate of drug-likeness (QED) is 0.884. The molecule has 92 valence electrons. The number of carboxylic acid groups (broad SMARTS) is 1. The molecule has 0 atom stereocenters. The van der Waals surface area contributed by atoms with E-state index in [-0.39, 0.29) is 11.5 Å². The fraction of sp³-hybridized carbons (Fsp3) is 0.417. The molecule has 1 aromatic rings. The van der Waals surface area contributed by atoms with Crippen molar-refractivity contribution in [3.8, 4) is 11.5 Å².